The van der Waals surface area contributed by atoms with Gasteiger partial charge in [0.05, 0.1) is 0 Å². The molecule has 0 saturated heterocycles. The molecule has 0 aliphatic heterocycles. The summed E-state index contributed by atoms with van der Waals surface area (Å²) in [5, 5.41) is 1.75. The van der Waals surface area contributed by atoms with Crippen LogP contribution >= 0.6 is 0 Å². The summed E-state index contributed by atoms with van der Waals surface area (Å²) in [6, 6.07) is 2.14. The van der Waals surface area contributed by atoms with E-state index in [0.717, 1.165) is 0 Å². The Bertz CT molecular complexity index is 378. The van der Waals surface area contributed by atoms with Gasteiger partial charge in [-0.05, 0) is 0 Å². The summed E-state index contributed by atoms with van der Waals surface area (Å²) >= 11 is 0.209. The molecule has 0 N–H and O–H groups in total. The van der Waals surface area contributed by atoms with E-state index < -0.39 is 8.07 Å². The minimum absolute atomic E-state index is 0.209. The van der Waals surface area contributed by atoms with Gasteiger partial charge in [-0.1, -0.05) is 0 Å². The molecule has 3 heteroatoms. The summed E-state index contributed by atoms with van der Waals surface area (Å²) < 4.78 is 3.12. The molecule has 0 aromatic rings. The van der Waals surface area contributed by atoms with Gasteiger partial charge in [-0.2, -0.15) is 0 Å². The van der Waals surface area contributed by atoms with E-state index in [9.17, 15) is 0 Å². The molecule has 1 aliphatic rings. The van der Waals surface area contributed by atoms with E-state index in [1.807, 2.05) is 4.28 Å². The topological polar surface area (TPSA) is 0 Å². The van der Waals surface area contributed by atoms with Gasteiger partial charge in [0.25, 0.3) is 0 Å². The molecule has 0 amide bonds. The van der Waals surface area contributed by atoms with Gasteiger partial charge in [-0.25, -0.2) is 0 Å². The van der Waals surface area contributed by atoms with Gasteiger partial charge in [0.1, 0.15) is 0 Å². The fourth-order valence-electron chi connectivity index (χ4n) is 3.62. The molecule has 0 aromatic heterocycles. The maximum absolute atomic E-state index is 2.49. The predicted octanol–water partition coefficient (Wildman–Crippen LogP) is 5.12. The number of allylic oxidation sites excluding steroid dienone is 4. The Morgan fingerprint density at radius 1 is 0.950 bits per heavy atom. The van der Waals surface area contributed by atoms with E-state index in [0.29, 0.717) is 18.1 Å². The Labute approximate surface area is 135 Å². The van der Waals surface area contributed by atoms with Crippen LogP contribution in [0.25, 0.3) is 0 Å². The van der Waals surface area contributed by atoms with Crippen LogP contribution in [-0.4, -0.2) is 29.5 Å². The van der Waals surface area contributed by atoms with Crippen LogP contribution in [0.1, 0.15) is 48.0 Å². The molecule has 0 radical (unpaired) electrons. The van der Waals surface area contributed by atoms with E-state index >= 15 is 0 Å². The van der Waals surface area contributed by atoms with Crippen molar-refractivity contribution in [2.75, 3.05) is 0 Å². The number of hydrogen-bond acceptors (Lipinski definition) is 0. The van der Waals surface area contributed by atoms with Crippen LogP contribution in [-0.2, 0) is 16.5 Å². The van der Waals surface area contributed by atoms with Crippen LogP contribution in [0.4, 0.5) is 0 Å². The molecule has 0 fully saturated rings. The standard InChI is InChI=1S/C9H21N.C8H13Si.V/c1-7(2)10(8(3)4)9(5)6;1-9(2,3)8-6-4-5-7-8;/h7-9H,1-6H3;4,6H,5H2,1-3H3;/q;;+1. The van der Waals surface area contributed by atoms with Gasteiger partial charge in [-0.3, -0.25) is 0 Å². The zero-order valence-electron chi connectivity index (χ0n) is 15.0. The summed E-state index contributed by atoms with van der Waals surface area (Å²) in [4.78, 5) is 0. The van der Waals surface area contributed by atoms with Gasteiger partial charge in [-0.15, -0.1) is 0 Å². The van der Waals surface area contributed by atoms with Gasteiger partial charge >= 0.3 is 135 Å². The van der Waals surface area contributed by atoms with Crippen molar-refractivity contribution in [2.45, 2.75) is 85.7 Å². The van der Waals surface area contributed by atoms with Crippen molar-refractivity contribution in [1.82, 2.24) is 0 Å². The molecule has 1 rings (SSSR count). The molecule has 1 aliphatic carbocycles. The number of nitrogens with zero attached hydrogens (tertiary/aromatic N) is 1. The zero-order valence-corrected chi connectivity index (χ0v) is 17.4. The molecule has 0 saturated carbocycles. The molecule has 0 atom stereocenters. The molecule has 0 heterocycles. The second kappa shape index (κ2) is 6.56. The first-order chi connectivity index (χ1) is 9.03. The van der Waals surface area contributed by atoms with Gasteiger partial charge in [0, 0.05) is 0 Å². The van der Waals surface area contributed by atoms with Crippen molar-refractivity contribution in [3.63, 3.8) is 0 Å². The SMILES string of the molecule is CC(C)[N+]([V][C]1=C([Si](C)(C)C)C=CC1)(C(C)C)C(C)C. The quantitative estimate of drug-likeness (QED) is 0.593. The first kappa shape index (κ1) is 18.3. The third-order valence-corrected chi connectivity index (χ3v) is 10.7. The van der Waals surface area contributed by atoms with E-state index in [4.69, 9.17) is 0 Å². The Morgan fingerprint density at radius 3 is 1.75 bits per heavy atom. The predicted molar refractivity (Wildman–Crippen MR) is 89.8 cm³/mol. The molecule has 115 valence electrons. The molecule has 0 unspecified atom stereocenters. The molecule has 20 heavy (non-hydrogen) atoms. The monoisotopic (exact) mass is 331 g/mol. The van der Waals surface area contributed by atoms with Crippen LogP contribution in [0.5, 0.6) is 0 Å². The fraction of sp³-hybridized carbons (Fsp3) is 0.765. The van der Waals surface area contributed by atoms with Gasteiger partial charge in [0.2, 0.25) is 0 Å². The maximum atomic E-state index is 2.49. The van der Waals surface area contributed by atoms with Crippen molar-refractivity contribution in [1.29, 1.82) is 0 Å². The number of hydrogen-bond donors (Lipinski definition) is 0. The minimum atomic E-state index is -1.19. The van der Waals surface area contributed by atoms with E-state index in [1.54, 1.807) is 5.20 Å². The zero-order chi connectivity index (χ0) is 15.7. The third-order valence-electron chi connectivity index (χ3n) is 4.49. The van der Waals surface area contributed by atoms with Crippen molar-refractivity contribution in [3.05, 3.63) is 21.6 Å². The van der Waals surface area contributed by atoms with Crippen molar-refractivity contribution in [3.8, 4) is 0 Å². The van der Waals surface area contributed by atoms with Crippen LogP contribution in [0.2, 0.25) is 19.6 Å². The van der Waals surface area contributed by atoms with Crippen molar-refractivity contribution in [2.24, 2.45) is 0 Å². The van der Waals surface area contributed by atoms with E-state index in [2.05, 4.69) is 73.3 Å². The van der Waals surface area contributed by atoms with Gasteiger partial charge < -0.3 is 0 Å². The molecule has 0 aromatic carbocycles. The Balaban J connectivity index is 3.21. The molecule has 0 bridgehead atoms. The molecule has 0 spiro atoms. The second-order valence-corrected chi connectivity index (χ2v) is 15.2. The van der Waals surface area contributed by atoms with Crippen LogP contribution in [0.3, 0.4) is 0 Å². The summed E-state index contributed by atoms with van der Waals surface area (Å²) in [6.07, 6.45) is 6.09. The van der Waals surface area contributed by atoms with E-state index in [-0.39, 0.29) is 16.5 Å². The molecule has 1 nitrogen and oxygen atoms in total. The molecular formula is C17H34NSiV+. The second-order valence-electron chi connectivity index (χ2n) is 7.89. The summed E-state index contributed by atoms with van der Waals surface area (Å²) in [5.41, 5.74) is 0. The summed E-state index contributed by atoms with van der Waals surface area (Å²) in [6.45, 7) is 22.0. The van der Waals surface area contributed by atoms with Crippen LogP contribution in [0.15, 0.2) is 21.6 Å². The van der Waals surface area contributed by atoms with Crippen molar-refractivity contribution >= 4 is 8.07 Å². The summed E-state index contributed by atoms with van der Waals surface area (Å²) in [5.74, 6) is 0. The van der Waals surface area contributed by atoms with E-state index in [1.165, 1.54) is 9.75 Å². The van der Waals surface area contributed by atoms with Crippen LogP contribution < -0.4 is 0 Å². The van der Waals surface area contributed by atoms with Gasteiger partial charge in [0.15, 0.2) is 0 Å². The number of rotatable bonds is 6. The fourth-order valence-corrected chi connectivity index (χ4v) is 9.29. The van der Waals surface area contributed by atoms with Crippen LogP contribution in [0, 0.1) is 0 Å². The Kier molecular flexibility index (Phi) is 6.00. The first-order valence-corrected chi connectivity index (χ1v) is 12.9. The average Bonchev–Trinajstić information content (AvgIpc) is 2.71. The Morgan fingerprint density at radius 2 is 1.40 bits per heavy atom. The summed E-state index contributed by atoms with van der Waals surface area (Å²) in [7, 11) is -1.19. The average molecular weight is 331 g/mol. The number of quaternary nitrogens is 1. The third kappa shape index (κ3) is 3.52. The first-order valence-electron chi connectivity index (χ1n) is 8.05. The normalized spacial score (nSPS) is 17.0. The Hall–Kier alpha value is 0.241. The van der Waals surface area contributed by atoms with Crippen molar-refractivity contribution < 1.29 is 19.9 Å². The molecular weight excluding hydrogens is 297 g/mol.